The van der Waals surface area contributed by atoms with Gasteiger partial charge in [0.05, 0.1) is 7.11 Å². The molecule has 0 saturated heterocycles. The van der Waals surface area contributed by atoms with Crippen molar-refractivity contribution < 1.29 is 14.3 Å². The first-order valence-corrected chi connectivity index (χ1v) is 9.64. The number of Topliss-reactive ketones (excluding diaryl/α,β-unsaturated/α-hetero) is 1. The van der Waals surface area contributed by atoms with Crippen LogP contribution in [-0.2, 0) is 19.7 Å². The lowest BCUT2D eigenvalue weighted by Gasteiger charge is -2.33. The predicted molar refractivity (Wildman–Crippen MR) is 111 cm³/mol. The molecule has 0 N–H and O–H groups in total. The number of hydrogen-bond acceptors (Lipinski definition) is 3. The van der Waals surface area contributed by atoms with Gasteiger partial charge in [-0.25, -0.2) is 0 Å². The SMILES string of the molecule is C=C1C[C@@]2(Cl)CC=CC=C(C2=O)[C@@](C(=O)OC)(c2ccc3ccccc3c2)C1. The Bertz CT molecular complexity index is 1060. The number of benzene rings is 2. The molecule has 1 saturated carbocycles. The molecule has 0 unspecified atom stereocenters. The average molecular weight is 393 g/mol. The summed E-state index contributed by atoms with van der Waals surface area (Å²) in [6.45, 7) is 4.15. The highest BCUT2D eigenvalue weighted by molar-refractivity contribution is 6.39. The van der Waals surface area contributed by atoms with Crippen LogP contribution >= 0.6 is 11.6 Å². The van der Waals surface area contributed by atoms with Gasteiger partial charge in [0.2, 0.25) is 0 Å². The summed E-state index contributed by atoms with van der Waals surface area (Å²) in [4.78, 5) is 25.7. The third-order valence-corrected chi connectivity index (χ3v) is 6.23. The fourth-order valence-electron chi connectivity index (χ4n) is 4.43. The smallest absolute Gasteiger partial charge is 0.321 e. The Balaban J connectivity index is 2.03. The molecule has 3 nitrogen and oxygen atoms in total. The second-order valence-corrected chi connectivity index (χ2v) is 8.29. The number of hydrogen-bond donors (Lipinski definition) is 0. The molecule has 28 heavy (non-hydrogen) atoms. The highest BCUT2D eigenvalue weighted by Crippen LogP contribution is 2.50. The molecule has 2 aliphatic rings. The quantitative estimate of drug-likeness (QED) is 0.409. The Labute approximate surface area is 169 Å². The number of rotatable bonds is 2. The first-order chi connectivity index (χ1) is 13.4. The van der Waals surface area contributed by atoms with Crippen molar-refractivity contribution in [2.24, 2.45) is 0 Å². The zero-order valence-electron chi connectivity index (χ0n) is 15.7. The molecule has 0 aromatic heterocycles. The van der Waals surface area contributed by atoms with Crippen LogP contribution in [0, 0.1) is 0 Å². The van der Waals surface area contributed by atoms with Crippen LogP contribution in [-0.4, -0.2) is 23.7 Å². The van der Waals surface area contributed by atoms with Gasteiger partial charge < -0.3 is 4.74 Å². The van der Waals surface area contributed by atoms with E-state index < -0.39 is 16.3 Å². The second kappa shape index (κ2) is 6.75. The average Bonchev–Trinajstić information content (AvgIpc) is 2.89. The number of halogens is 1. The van der Waals surface area contributed by atoms with Crippen LogP contribution in [0.25, 0.3) is 10.8 Å². The molecule has 2 atom stereocenters. The van der Waals surface area contributed by atoms with Crippen LogP contribution in [0.4, 0.5) is 0 Å². The number of methoxy groups -OCH3 is 1. The summed E-state index contributed by atoms with van der Waals surface area (Å²) in [5.74, 6) is -0.698. The standard InChI is InChI=1S/C24H21ClO3/c1-16-14-23(25)12-6-5-9-20(21(23)26)24(15-16,22(27)28-2)19-11-10-17-7-3-4-8-18(17)13-19/h3-11,13H,1,12,14-15H2,2H3/t23-,24-/m0/s1. The fraction of sp³-hybridized carbons (Fsp3) is 0.250. The van der Waals surface area contributed by atoms with Crippen LogP contribution in [0.2, 0.25) is 0 Å². The summed E-state index contributed by atoms with van der Waals surface area (Å²) >= 11 is 6.76. The molecule has 0 spiro atoms. The van der Waals surface area contributed by atoms with Crippen molar-refractivity contribution in [3.05, 3.63) is 84.0 Å². The highest BCUT2D eigenvalue weighted by Gasteiger charge is 2.55. The Morgan fingerprint density at radius 1 is 1.14 bits per heavy atom. The van der Waals surface area contributed by atoms with Crippen molar-refractivity contribution in [3.63, 3.8) is 0 Å². The number of carbonyl (C=O) groups is 2. The van der Waals surface area contributed by atoms with Gasteiger partial charge in [-0.3, -0.25) is 9.59 Å². The van der Waals surface area contributed by atoms with Gasteiger partial charge >= 0.3 is 5.97 Å². The van der Waals surface area contributed by atoms with Crippen molar-refractivity contribution in [3.8, 4) is 0 Å². The number of fused-ring (bicyclic) bond motifs is 3. The molecule has 142 valence electrons. The molecule has 4 heteroatoms. The second-order valence-electron chi connectivity index (χ2n) is 7.57. The molecule has 2 aliphatic carbocycles. The van der Waals surface area contributed by atoms with E-state index in [1.165, 1.54) is 7.11 Å². The van der Waals surface area contributed by atoms with Crippen LogP contribution in [0.1, 0.15) is 24.8 Å². The molecular weight excluding hydrogens is 372 g/mol. The van der Waals surface area contributed by atoms with E-state index in [2.05, 4.69) is 6.58 Å². The summed E-state index contributed by atoms with van der Waals surface area (Å²) in [5, 5.41) is 2.05. The molecule has 0 aliphatic heterocycles. The zero-order chi connectivity index (χ0) is 19.9. The largest absolute Gasteiger partial charge is 0.468 e. The van der Waals surface area contributed by atoms with E-state index in [-0.39, 0.29) is 12.2 Å². The summed E-state index contributed by atoms with van der Waals surface area (Å²) in [6.07, 6.45) is 6.43. The summed E-state index contributed by atoms with van der Waals surface area (Å²) < 4.78 is 5.24. The maximum absolute atomic E-state index is 13.5. The van der Waals surface area contributed by atoms with Gasteiger partial charge in [-0.1, -0.05) is 66.8 Å². The third-order valence-electron chi connectivity index (χ3n) is 5.77. The number of ketones is 1. The highest BCUT2D eigenvalue weighted by atomic mass is 35.5. The van der Waals surface area contributed by atoms with Crippen LogP contribution in [0.5, 0.6) is 0 Å². The first-order valence-electron chi connectivity index (χ1n) is 9.26. The lowest BCUT2D eigenvalue weighted by Crippen LogP contribution is -2.43. The van der Waals surface area contributed by atoms with E-state index in [0.717, 1.165) is 21.9 Å². The molecule has 2 bridgehead atoms. The number of esters is 1. The van der Waals surface area contributed by atoms with Gasteiger partial charge in [0.15, 0.2) is 5.78 Å². The maximum Gasteiger partial charge on any atom is 0.321 e. The molecule has 4 rings (SSSR count). The molecule has 0 heterocycles. The predicted octanol–water partition coefficient (Wildman–Crippen LogP) is 5.03. The Hall–Kier alpha value is -2.65. The fourth-order valence-corrected chi connectivity index (χ4v) is 4.81. The summed E-state index contributed by atoms with van der Waals surface area (Å²) in [5.41, 5.74) is 0.589. The topological polar surface area (TPSA) is 43.4 Å². The first kappa shape index (κ1) is 18.7. The van der Waals surface area contributed by atoms with Crippen LogP contribution in [0.15, 0.2) is 78.4 Å². The number of ether oxygens (including phenoxy) is 1. The van der Waals surface area contributed by atoms with E-state index in [9.17, 15) is 9.59 Å². The van der Waals surface area contributed by atoms with Crippen molar-refractivity contribution in [1.82, 2.24) is 0 Å². The van der Waals surface area contributed by atoms with E-state index in [1.54, 1.807) is 6.08 Å². The molecule has 1 fully saturated rings. The zero-order valence-corrected chi connectivity index (χ0v) is 16.5. The van der Waals surface area contributed by atoms with Crippen molar-refractivity contribution in [1.29, 1.82) is 0 Å². The number of allylic oxidation sites excluding steroid dienone is 4. The normalized spacial score (nSPS) is 27.1. The van der Waals surface area contributed by atoms with Crippen molar-refractivity contribution in [2.45, 2.75) is 29.6 Å². The minimum absolute atomic E-state index is 0.226. The van der Waals surface area contributed by atoms with Gasteiger partial charge in [0.1, 0.15) is 10.3 Å². The van der Waals surface area contributed by atoms with E-state index in [4.69, 9.17) is 16.3 Å². The van der Waals surface area contributed by atoms with E-state index in [0.29, 0.717) is 18.4 Å². The Morgan fingerprint density at radius 2 is 1.89 bits per heavy atom. The van der Waals surface area contributed by atoms with Gasteiger partial charge in [-0.05, 0) is 41.7 Å². The minimum Gasteiger partial charge on any atom is -0.468 e. The maximum atomic E-state index is 13.5. The van der Waals surface area contributed by atoms with E-state index in [1.807, 2.05) is 54.6 Å². The van der Waals surface area contributed by atoms with Gasteiger partial charge in [-0.15, -0.1) is 11.6 Å². The van der Waals surface area contributed by atoms with E-state index >= 15 is 0 Å². The lowest BCUT2D eigenvalue weighted by molar-refractivity contribution is -0.146. The lowest BCUT2D eigenvalue weighted by atomic mass is 9.69. The third kappa shape index (κ3) is 2.73. The molecule has 0 radical (unpaired) electrons. The van der Waals surface area contributed by atoms with Crippen LogP contribution < -0.4 is 0 Å². The minimum atomic E-state index is -1.27. The number of alkyl halides is 1. The molecule has 2 aromatic rings. The number of carbonyl (C=O) groups excluding carboxylic acids is 2. The monoisotopic (exact) mass is 392 g/mol. The summed E-state index contributed by atoms with van der Waals surface area (Å²) in [6, 6.07) is 13.7. The molecule has 0 amide bonds. The molecular formula is C24H21ClO3. The Kier molecular flexibility index (Phi) is 4.51. The van der Waals surface area contributed by atoms with Crippen LogP contribution in [0.3, 0.4) is 0 Å². The van der Waals surface area contributed by atoms with Crippen molar-refractivity contribution in [2.75, 3.05) is 7.11 Å². The Morgan fingerprint density at radius 3 is 2.64 bits per heavy atom. The van der Waals surface area contributed by atoms with Gasteiger partial charge in [0.25, 0.3) is 0 Å². The molecule has 2 aromatic carbocycles. The van der Waals surface area contributed by atoms with Crippen molar-refractivity contribution >= 4 is 34.1 Å². The summed E-state index contributed by atoms with van der Waals surface area (Å²) in [7, 11) is 1.35. The van der Waals surface area contributed by atoms with Gasteiger partial charge in [0, 0.05) is 5.57 Å². The van der Waals surface area contributed by atoms with Gasteiger partial charge in [-0.2, -0.15) is 0 Å².